The lowest BCUT2D eigenvalue weighted by Crippen LogP contribution is -2.44. The predicted octanol–water partition coefficient (Wildman–Crippen LogP) is 1.88. The first-order valence-corrected chi connectivity index (χ1v) is 5.73. The van der Waals surface area contributed by atoms with E-state index < -0.39 is 17.9 Å². The lowest BCUT2D eigenvalue weighted by atomic mass is 10.0. The van der Waals surface area contributed by atoms with Crippen LogP contribution in [-0.2, 0) is 4.79 Å². The van der Waals surface area contributed by atoms with Gasteiger partial charge in [-0.25, -0.2) is 4.79 Å². The van der Waals surface area contributed by atoms with Crippen LogP contribution in [0.3, 0.4) is 0 Å². The first-order chi connectivity index (χ1) is 8.32. The molecular formula is C12H14ClNO4. The van der Waals surface area contributed by atoms with Gasteiger partial charge in [-0.15, -0.1) is 0 Å². The summed E-state index contributed by atoms with van der Waals surface area (Å²) >= 11 is 5.72. The smallest absolute Gasteiger partial charge is 0.326 e. The quantitative estimate of drug-likeness (QED) is 0.780. The lowest BCUT2D eigenvalue weighted by Gasteiger charge is -2.18. The normalized spacial score (nSPS) is 12.2. The van der Waals surface area contributed by atoms with Crippen LogP contribution in [0.5, 0.6) is 5.75 Å². The number of carboxylic acids is 1. The molecule has 5 nitrogen and oxygen atoms in total. The molecule has 1 aromatic carbocycles. The molecule has 0 radical (unpaired) electrons. The summed E-state index contributed by atoms with van der Waals surface area (Å²) in [6.45, 7) is 3.35. The Kier molecular flexibility index (Phi) is 4.55. The van der Waals surface area contributed by atoms with E-state index in [4.69, 9.17) is 16.7 Å². The SMILES string of the molecule is CC(C)C(NC(=O)c1cc(Cl)ccc1O)C(=O)O. The van der Waals surface area contributed by atoms with Crippen molar-refractivity contribution < 1.29 is 19.8 Å². The zero-order valence-corrected chi connectivity index (χ0v) is 10.7. The molecule has 0 heterocycles. The molecular weight excluding hydrogens is 258 g/mol. The maximum absolute atomic E-state index is 11.8. The van der Waals surface area contributed by atoms with Gasteiger partial charge in [0.15, 0.2) is 0 Å². The van der Waals surface area contributed by atoms with E-state index >= 15 is 0 Å². The van der Waals surface area contributed by atoms with E-state index in [0.29, 0.717) is 0 Å². The maximum Gasteiger partial charge on any atom is 0.326 e. The highest BCUT2D eigenvalue weighted by Crippen LogP contribution is 2.21. The molecule has 0 fully saturated rings. The van der Waals surface area contributed by atoms with Gasteiger partial charge in [0.2, 0.25) is 0 Å². The Morgan fingerprint density at radius 2 is 1.94 bits per heavy atom. The molecule has 0 aliphatic carbocycles. The third-order valence-electron chi connectivity index (χ3n) is 2.42. The summed E-state index contributed by atoms with van der Waals surface area (Å²) in [6, 6.07) is 2.98. The summed E-state index contributed by atoms with van der Waals surface area (Å²) < 4.78 is 0. The number of carbonyl (C=O) groups excluding carboxylic acids is 1. The molecule has 0 aromatic heterocycles. The fraction of sp³-hybridized carbons (Fsp3) is 0.333. The second-order valence-corrected chi connectivity index (χ2v) is 4.63. The molecule has 1 aromatic rings. The average Bonchev–Trinajstić information content (AvgIpc) is 2.28. The van der Waals surface area contributed by atoms with E-state index in [1.54, 1.807) is 13.8 Å². The zero-order valence-electron chi connectivity index (χ0n) is 9.98. The lowest BCUT2D eigenvalue weighted by molar-refractivity contribution is -0.140. The minimum absolute atomic E-state index is 0.0469. The highest BCUT2D eigenvalue weighted by Gasteiger charge is 2.25. The van der Waals surface area contributed by atoms with Crippen LogP contribution < -0.4 is 5.32 Å². The molecule has 0 bridgehead atoms. The first kappa shape index (κ1) is 14.3. The van der Waals surface area contributed by atoms with E-state index in [1.807, 2.05) is 0 Å². The highest BCUT2D eigenvalue weighted by molar-refractivity contribution is 6.31. The van der Waals surface area contributed by atoms with Crippen LogP contribution in [0, 0.1) is 5.92 Å². The fourth-order valence-electron chi connectivity index (χ4n) is 1.42. The van der Waals surface area contributed by atoms with Gasteiger partial charge in [-0.3, -0.25) is 4.79 Å². The minimum Gasteiger partial charge on any atom is -0.507 e. The second-order valence-electron chi connectivity index (χ2n) is 4.19. The van der Waals surface area contributed by atoms with Crippen molar-refractivity contribution in [1.29, 1.82) is 0 Å². The van der Waals surface area contributed by atoms with Crippen molar-refractivity contribution in [2.75, 3.05) is 0 Å². The maximum atomic E-state index is 11.8. The fourth-order valence-corrected chi connectivity index (χ4v) is 1.59. The molecule has 1 unspecified atom stereocenters. The number of benzene rings is 1. The molecule has 3 N–H and O–H groups in total. The van der Waals surface area contributed by atoms with Gasteiger partial charge in [0.05, 0.1) is 5.56 Å². The van der Waals surface area contributed by atoms with E-state index in [1.165, 1.54) is 18.2 Å². The molecule has 1 amide bonds. The van der Waals surface area contributed by atoms with E-state index in [-0.39, 0.29) is 22.3 Å². The molecule has 0 spiro atoms. The van der Waals surface area contributed by atoms with Gasteiger partial charge in [0.25, 0.3) is 5.91 Å². The van der Waals surface area contributed by atoms with Crippen LogP contribution in [0.15, 0.2) is 18.2 Å². The van der Waals surface area contributed by atoms with Gasteiger partial charge < -0.3 is 15.5 Å². The number of carboxylic acid groups (broad SMARTS) is 1. The van der Waals surface area contributed by atoms with Crippen molar-refractivity contribution in [3.8, 4) is 5.75 Å². The number of rotatable bonds is 4. The van der Waals surface area contributed by atoms with Gasteiger partial charge in [0.1, 0.15) is 11.8 Å². The number of phenolic OH excluding ortho intramolecular Hbond substituents is 1. The number of nitrogens with one attached hydrogen (secondary N) is 1. The Bertz CT molecular complexity index is 473. The van der Waals surface area contributed by atoms with Crippen molar-refractivity contribution in [2.45, 2.75) is 19.9 Å². The third kappa shape index (κ3) is 3.37. The van der Waals surface area contributed by atoms with Gasteiger partial charge in [-0.1, -0.05) is 25.4 Å². The monoisotopic (exact) mass is 271 g/mol. The Balaban J connectivity index is 2.94. The summed E-state index contributed by atoms with van der Waals surface area (Å²) in [4.78, 5) is 22.8. The van der Waals surface area contributed by atoms with E-state index in [2.05, 4.69) is 5.32 Å². The minimum atomic E-state index is -1.13. The van der Waals surface area contributed by atoms with Crippen molar-refractivity contribution in [1.82, 2.24) is 5.32 Å². The van der Waals surface area contributed by atoms with Crippen molar-refractivity contribution in [2.24, 2.45) is 5.92 Å². The number of carbonyl (C=O) groups is 2. The molecule has 0 aliphatic rings. The molecule has 6 heteroatoms. The number of aliphatic carboxylic acids is 1. The Morgan fingerprint density at radius 1 is 1.33 bits per heavy atom. The summed E-state index contributed by atoms with van der Waals surface area (Å²) in [5.74, 6) is -2.31. The standard InChI is InChI=1S/C12H14ClNO4/c1-6(2)10(12(17)18)14-11(16)8-5-7(13)3-4-9(8)15/h3-6,10,15H,1-2H3,(H,14,16)(H,17,18). The highest BCUT2D eigenvalue weighted by atomic mass is 35.5. The predicted molar refractivity (Wildman–Crippen MR) is 66.8 cm³/mol. The van der Waals surface area contributed by atoms with Crippen molar-refractivity contribution in [3.05, 3.63) is 28.8 Å². The van der Waals surface area contributed by atoms with Crippen LogP contribution in [0.4, 0.5) is 0 Å². The number of aromatic hydroxyl groups is 1. The molecule has 0 aliphatic heterocycles. The van der Waals surface area contributed by atoms with Crippen LogP contribution in [0.1, 0.15) is 24.2 Å². The molecule has 1 atom stereocenters. The Labute approximate surface area is 109 Å². The summed E-state index contributed by atoms with van der Waals surface area (Å²) in [6.07, 6.45) is 0. The summed E-state index contributed by atoms with van der Waals surface area (Å²) in [5, 5.41) is 21.1. The van der Waals surface area contributed by atoms with Crippen molar-refractivity contribution in [3.63, 3.8) is 0 Å². The van der Waals surface area contributed by atoms with Crippen LogP contribution in [0.25, 0.3) is 0 Å². The largest absolute Gasteiger partial charge is 0.507 e. The zero-order chi connectivity index (χ0) is 13.9. The summed E-state index contributed by atoms with van der Waals surface area (Å²) in [5.41, 5.74) is -0.0469. The summed E-state index contributed by atoms with van der Waals surface area (Å²) in [7, 11) is 0. The number of hydrogen-bond acceptors (Lipinski definition) is 3. The third-order valence-corrected chi connectivity index (χ3v) is 2.66. The molecule has 18 heavy (non-hydrogen) atoms. The van der Waals surface area contributed by atoms with Gasteiger partial charge >= 0.3 is 5.97 Å². The molecule has 0 saturated heterocycles. The van der Waals surface area contributed by atoms with E-state index in [0.717, 1.165) is 0 Å². The van der Waals surface area contributed by atoms with Crippen LogP contribution >= 0.6 is 11.6 Å². The number of hydrogen-bond donors (Lipinski definition) is 3. The van der Waals surface area contributed by atoms with Gasteiger partial charge in [-0.2, -0.15) is 0 Å². The second kappa shape index (κ2) is 5.73. The molecule has 98 valence electrons. The van der Waals surface area contributed by atoms with Gasteiger partial charge in [-0.05, 0) is 24.1 Å². The number of phenols is 1. The van der Waals surface area contributed by atoms with Crippen LogP contribution in [0.2, 0.25) is 5.02 Å². The molecule has 1 rings (SSSR count). The van der Waals surface area contributed by atoms with Crippen LogP contribution in [-0.4, -0.2) is 28.1 Å². The Hall–Kier alpha value is -1.75. The topological polar surface area (TPSA) is 86.6 Å². The van der Waals surface area contributed by atoms with Crippen molar-refractivity contribution >= 4 is 23.5 Å². The first-order valence-electron chi connectivity index (χ1n) is 5.35. The van der Waals surface area contributed by atoms with Gasteiger partial charge in [0, 0.05) is 5.02 Å². The average molecular weight is 272 g/mol. The Morgan fingerprint density at radius 3 is 2.44 bits per heavy atom. The molecule has 0 saturated carbocycles. The van der Waals surface area contributed by atoms with E-state index in [9.17, 15) is 14.7 Å². The number of amides is 1. The number of halogens is 1.